The normalized spacial score (nSPS) is 10.4. The van der Waals surface area contributed by atoms with E-state index in [1.807, 2.05) is 36.0 Å². The first-order chi connectivity index (χ1) is 8.24. The number of carbonyl (C=O) groups is 1. The summed E-state index contributed by atoms with van der Waals surface area (Å²) in [7, 11) is 0. The summed E-state index contributed by atoms with van der Waals surface area (Å²) in [4.78, 5) is 16.9. The fourth-order valence-corrected chi connectivity index (χ4v) is 2.89. The van der Waals surface area contributed by atoms with E-state index in [0.29, 0.717) is 0 Å². The van der Waals surface area contributed by atoms with Gasteiger partial charge in [-0.1, -0.05) is 12.1 Å². The molecule has 0 bridgehead atoms. The van der Waals surface area contributed by atoms with Crippen LogP contribution in [-0.2, 0) is 17.0 Å². The highest BCUT2D eigenvalue weighted by molar-refractivity contribution is 7.98. The molecule has 0 saturated heterocycles. The molecule has 2 rings (SSSR count). The summed E-state index contributed by atoms with van der Waals surface area (Å²) in [5.74, 6) is 0.109. The van der Waals surface area contributed by atoms with Crippen LogP contribution in [0.5, 0.6) is 0 Å². The zero-order valence-electron chi connectivity index (χ0n) is 9.00. The van der Waals surface area contributed by atoms with E-state index < -0.39 is 5.97 Å². The van der Waals surface area contributed by atoms with Crippen molar-refractivity contribution < 1.29 is 9.90 Å². The van der Waals surface area contributed by atoms with Gasteiger partial charge in [-0.05, 0) is 17.7 Å². The minimum Gasteiger partial charge on any atom is -0.481 e. The number of thiazole rings is 1. The minimum absolute atomic E-state index is 0.0831. The molecular weight excluding hydrogens is 254 g/mol. The lowest BCUT2D eigenvalue weighted by Crippen LogP contribution is -1.99. The Labute approximate surface area is 108 Å². The van der Waals surface area contributed by atoms with Gasteiger partial charge in [0, 0.05) is 21.7 Å². The van der Waals surface area contributed by atoms with Crippen molar-refractivity contribution in [3.63, 3.8) is 0 Å². The van der Waals surface area contributed by atoms with Gasteiger partial charge < -0.3 is 5.11 Å². The maximum atomic E-state index is 10.5. The van der Waals surface area contributed by atoms with E-state index in [1.165, 1.54) is 4.88 Å². The van der Waals surface area contributed by atoms with Gasteiger partial charge in [0.05, 0.1) is 11.9 Å². The topological polar surface area (TPSA) is 50.2 Å². The summed E-state index contributed by atoms with van der Waals surface area (Å²) in [6.45, 7) is 0. The molecule has 0 aliphatic rings. The molecule has 2 aromatic rings. The van der Waals surface area contributed by atoms with Gasteiger partial charge in [-0.3, -0.25) is 9.78 Å². The fraction of sp³-hybridized carbons (Fsp3) is 0.167. The molecule has 1 aromatic carbocycles. The van der Waals surface area contributed by atoms with E-state index in [1.54, 1.807) is 23.1 Å². The van der Waals surface area contributed by atoms with E-state index >= 15 is 0 Å². The van der Waals surface area contributed by atoms with E-state index in [-0.39, 0.29) is 6.42 Å². The number of aromatic nitrogens is 1. The molecule has 1 heterocycles. The summed E-state index contributed by atoms with van der Waals surface area (Å²) in [5.41, 5.74) is 2.66. The summed E-state index contributed by atoms with van der Waals surface area (Å²) in [6, 6.07) is 7.65. The monoisotopic (exact) mass is 265 g/mol. The van der Waals surface area contributed by atoms with Crippen molar-refractivity contribution in [3.8, 4) is 0 Å². The van der Waals surface area contributed by atoms with Crippen molar-refractivity contribution >= 4 is 29.1 Å². The summed E-state index contributed by atoms with van der Waals surface area (Å²) < 4.78 is 0. The Kier molecular flexibility index (Phi) is 4.17. The van der Waals surface area contributed by atoms with Gasteiger partial charge in [-0.2, -0.15) is 0 Å². The van der Waals surface area contributed by atoms with Crippen LogP contribution in [-0.4, -0.2) is 16.1 Å². The molecule has 0 aliphatic heterocycles. The molecule has 0 aliphatic carbocycles. The third-order valence-electron chi connectivity index (χ3n) is 2.14. The summed E-state index contributed by atoms with van der Waals surface area (Å²) in [5, 5.41) is 8.65. The van der Waals surface area contributed by atoms with Gasteiger partial charge in [-0.25, -0.2) is 0 Å². The first kappa shape index (κ1) is 12.1. The first-order valence-electron chi connectivity index (χ1n) is 5.05. The third-order valence-corrected chi connectivity index (χ3v) is 4.17. The smallest absolute Gasteiger partial charge is 0.307 e. The van der Waals surface area contributed by atoms with Crippen molar-refractivity contribution in [2.75, 3.05) is 0 Å². The van der Waals surface area contributed by atoms with Gasteiger partial charge >= 0.3 is 5.97 Å². The molecule has 3 nitrogen and oxygen atoms in total. The van der Waals surface area contributed by atoms with Crippen LogP contribution in [0.2, 0.25) is 0 Å². The van der Waals surface area contributed by atoms with E-state index in [4.69, 9.17) is 5.11 Å². The molecular formula is C12H11NO2S2. The molecule has 0 amide bonds. The second kappa shape index (κ2) is 5.84. The highest BCUT2D eigenvalue weighted by atomic mass is 32.2. The number of rotatable bonds is 5. The van der Waals surface area contributed by atoms with Gasteiger partial charge in [0.25, 0.3) is 0 Å². The van der Waals surface area contributed by atoms with Gasteiger partial charge in [-0.15, -0.1) is 23.1 Å². The molecule has 0 spiro atoms. The number of hydrogen-bond donors (Lipinski definition) is 1. The number of benzene rings is 1. The number of aliphatic carboxylic acids is 1. The molecule has 0 unspecified atom stereocenters. The van der Waals surface area contributed by atoms with Crippen molar-refractivity contribution in [2.24, 2.45) is 0 Å². The van der Waals surface area contributed by atoms with E-state index in [0.717, 1.165) is 16.2 Å². The van der Waals surface area contributed by atoms with Gasteiger partial charge in [0.1, 0.15) is 0 Å². The Balaban J connectivity index is 1.91. The molecule has 5 heteroatoms. The van der Waals surface area contributed by atoms with Gasteiger partial charge in [0.15, 0.2) is 0 Å². The van der Waals surface area contributed by atoms with Crippen LogP contribution < -0.4 is 0 Å². The lowest BCUT2D eigenvalue weighted by molar-refractivity contribution is -0.136. The highest BCUT2D eigenvalue weighted by Gasteiger charge is 2.01. The molecule has 0 atom stereocenters. The zero-order chi connectivity index (χ0) is 12.1. The van der Waals surface area contributed by atoms with E-state index in [9.17, 15) is 4.79 Å². The third kappa shape index (κ3) is 3.87. The molecule has 0 radical (unpaired) electrons. The quantitative estimate of drug-likeness (QED) is 0.844. The predicted molar refractivity (Wildman–Crippen MR) is 69.5 cm³/mol. The summed E-state index contributed by atoms with van der Waals surface area (Å²) in [6.07, 6.45) is 1.95. The van der Waals surface area contributed by atoms with Crippen LogP contribution in [0.3, 0.4) is 0 Å². The van der Waals surface area contributed by atoms with Crippen LogP contribution in [0, 0.1) is 0 Å². The average Bonchev–Trinajstić information content (AvgIpc) is 2.80. The Hall–Kier alpha value is -1.33. The van der Waals surface area contributed by atoms with Crippen LogP contribution in [0.4, 0.5) is 0 Å². The molecule has 1 N–H and O–H groups in total. The maximum Gasteiger partial charge on any atom is 0.307 e. The minimum atomic E-state index is -0.796. The summed E-state index contributed by atoms with van der Waals surface area (Å²) >= 11 is 3.37. The van der Waals surface area contributed by atoms with Crippen LogP contribution in [0.15, 0.2) is 40.9 Å². The van der Waals surface area contributed by atoms with Crippen molar-refractivity contribution in [2.45, 2.75) is 17.1 Å². The molecule has 17 heavy (non-hydrogen) atoms. The molecule has 88 valence electrons. The molecule has 1 aromatic heterocycles. The molecule has 0 saturated carbocycles. The van der Waals surface area contributed by atoms with Crippen LogP contribution in [0.25, 0.3) is 0 Å². The van der Waals surface area contributed by atoms with Crippen molar-refractivity contribution in [1.29, 1.82) is 0 Å². The number of thioether (sulfide) groups is 1. The van der Waals surface area contributed by atoms with Crippen molar-refractivity contribution in [3.05, 3.63) is 46.4 Å². The van der Waals surface area contributed by atoms with Crippen LogP contribution >= 0.6 is 23.1 Å². The number of hydrogen-bond acceptors (Lipinski definition) is 4. The lowest BCUT2D eigenvalue weighted by atomic mass is 10.2. The molecule has 0 fully saturated rings. The fourth-order valence-electron chi connectivity index (χ4n) is 1.35. The average molecular weight is 265 g/mol. The second-order valence-corrected chi connectivity index (χ2v) is 5.49. The van der Waals surface area contributed by atoms with E-state index in [2.05, 4.69) is 4.98 Å². The number of nitrogens with zero attached hydrogens (tertiary/aromatic N) is 1. The number of carboxylic acids is 1. The lowest BCUT2D eigenvalue weighted by Gasteiger charge is -2.01. The Morgan fingerprint density at radius 3 is 2.71 bits per heavy atom. The maximum absolute atomic E-state index is 10.5. The highest BCUT2D eigenvalue weighted by Crippen LogP contribution is 2.24. The predicted octanol–water partition coefficient (Wildman–Crippen LogP) is 3.06. The standard InChI is InChI=1S/C12H11NO2S2/c14-12(15)5-9-1-3-10(4-2-9)16-7-11-6-13-8-17-11/h1-4,6,8H,5,7H2,(H,14,15). The Bertz CT molecular complexity index is 480. The Morgan fingerprint density at radius 2 is 2.12 bits per heavy atom. The SMILES string of the molecule is O=C(O)Cc1ccc(SCc2cncs2)cc1. The number of carboxylic acid groups (broad SMARTS) is 1. The largest absolute Gasteiger partial charge is 0.481 e. The van der Waals surface area contributed by atoms with Crippen LogP contribution in [0.1, 0.15) is 10.4 Å². The zero-order valence-corrected chi connectivity index (χ0v) is 10.6. The van der Waals surface area contributed by atoms with Gasteiger partial charge in [0.2, 0.25) is 0 Å². The Morgan fingerprint density at radius 1 is 1.35 bits per heavy atom. The second-order valence-electron chi connectivity index (χ2n) is 3.47. The first-order valence-corrected chi connectivity index (χ1v) is 6.91. The van der Waals surface area contributed by atoms with Crippen molar-refractivity contribution in [1.82, 2.24) is 4.98 Å².